The van der Waals surface area contributed by atoms with Crippen molar-refractivity contribution in [2.45, 2.75) is 38.1 Å². The maximum absolute atomic E-state index is 10.5. The van der Waals surface area contributed by atoms with Gasteiger partial charge in [0.2, 0.25) is 11.8 Å². The summed E-state index contributed by atoms with van der Waals surface area (Å²) in [5, 5.41) is 0. The minimum absolute atomic E-state index is 0.292. The fourth-order valence-corrected chi connectivity index (χ4v) is 0.983. The molecule has 0 spiro atoms. The fourth-order valence-electron chi connectivity index (χ4n) is 0.983. The summed E-state index contributed by atoms with van der Waals surface area (Å²) >= 11 is 0. The summed E-state index contributed by atoms with van der Waals surface area (Å²) in [6, 6.07) is -0.562. The highest BCUT2D eigenvalue weighted by atomic mass is 16.1. The van der Waals surface area contributed by atoms with Crippen molar-refractivity contribution in [3.05, 3.63) is 0 Å². The number of hydrogen-bond acceptors (Lipinski definition) is 3. The molecule has 0 saturated carbocycles. The van der Waals surface area contributed by atoms with Gasteiger partial charge in [-0.2, -0.15) is 0 Å². The van der Waals surface area contributed by atoms with Crippen LogP contribution in [0.25, 0.3) is 0 Å². The Hall–Kier alpha value is -1.10. The molecule has 0 aliphatic rings. The largest absolute Gasteiger partial charge is 0.370 e. The van der Waals surface area contributed by atoms with Crippen molar-refractivity contribution in [2.24, 2.45) is 17.2 Å². The molecule has 0 aromatic carbocycles. The lowest BCUT2D eigenvalue weighted by Crippen LogP contribution is -2.36. The molecule has 5 nitrogen and oxygen atoms in total. The van der Waals surface area contributed by atoms with Crippen molar-refractivity contribution < 1.29 is 9.59 Å². The third-order valence-corrected chi connectivity index (χ3v) is 1.80. The zero-order valence-electron chi connectivity index (χ0n) is 7.66. The second-order valence-electron chi connectivity index (χ2n) is 3.07. The lowest BCUT2D eigenvalue weighted by Gasteiger charge is -2.05. The van der Waals surface area contributed by atoms with Gasteiger partial charge in [-0.25, -0.2) is 0 Å². The average Bonchev–Trinajstić information content (AvgIpc) is 2.02. The Kier molecular flexibility index (Phi) is 5.88. The van der Waals surface area contributed by atoms with Gasteiger partial charge in [0.05, 0.1) is 6.04 Å². The molecule has 0 aromatic heterocycles. The van der Waals surface area contributed by atoms with Gasteiger partial charge in [0.15, 0.2) is 0 Å². The molecule has 0 saturated heterocycles. The molecule has 1 unspecified atom stereocenters. The summed E-state index contributed by atoms with van der Waals surface area (Å²) in [6.45, 7) is 0. The van der Waals surface area contributed by atoms with Gasteiger partial charge in [-0.1, -0.05) is 12.8 Å². The highest BCUT2D eigenvalue weighted by molar-refractivity contribution is 5.79. The summed E-state index contributed by atoms with van der Waals surface area (Å²) in [5.41, 5.74) is 15.3. The second kappa shape index (κ2) is 6.42. The maximum atomic E-state index is 10.5. The third-order valence-electron chi connectivity index (χ3n) is 1.80. The molecule has 13 heavy (non-hydrogen) atoms. The minimum Gasteiger partial charge on any atom is -0.370 e. The number of hydrogen-bond donors (Lipinski definition) is 3. The van der Waals surface area contributed by atoms with E-state index < -0.39 is 11.9 Å². The number of unbranched alkanes of at least 4 members (excludes halogenated alkanes) is 2. The maximum Gasteiger partial charge on any atom is 0.234 e. The summed E-state index contributed by atoms with van der Waals surface area (Å²) < 4.78 is 0. The molecule has 0 bridgehead atoms. The third kappa shape index (κ3) is 7.27. The van der Waals surface area contributed by atoms with E-state index in [1.807, 2.05) is 0 Å². The van der Waals surface area contributed by atoms with Crippen LogP contribution in [0.5, 0.6) is 0 Å². The monoisotopic (exact) mass is 187 g/mol. The van der Waals surface area contributed by atoms with Crippen molar-refractivity contribution in [2.75, 3.05) is 0 Å². The molecule has 0 heterocycles. The average molecular weight is 187 g/mol. The standard InChI is InChI=1S/C8H17N3O2/c9-6(8(11)13)4-2-1-3-5-7(10)12/h6H,1-5,9H2,(H2,10,12)(H2,11,13). The van der Waals surface area contributed by atoms with Crippen LogP contribution in [0.15, 0.2) is 0 Å². The molecule has 6 N–H and O–H groups in total. The lowest BCUT2D eigenvalue weighted by molar-refractivity contribution is -0.120. The van der Waals surface area contributed by atoms with Crippen LogP contribution in [0.2, 0.25) is 0 Å². The molecule has 0 rings (SSSR count). The van der Waals surface area contributed by atoms with Crippen LogP contribution in [-0.2, 0) is 9.59 Å². The number of rotatable bonds is 7. The Bertz CT molecular complexity index is 182. The Labute approximate surface area is 77.6 Å². The van der Waals surface area contributed by atoms with Crippen molar-refractivity contribution in [3.8, 4) is 0 Å². The lowest BCUT2D eigenvalue weighted by atomic mass is 10.1. The molecule has 0 aliphatic carbocycles. The Morgan fingerprint density at radius 1 is 1.08 bits per heavy atom. The molecule has 2 amide bonds. The zero-order chi connectivity index (χ0) is 10.3. The van der Waals surface area contributed by atoms with Crippen molar-refractivity contribution in [1.29, 1.82) is 0 Å². The van der Waals surface area contributed by atoms with E-state index in [0.717, 1.165) is 19.3 Å². The van der Waals surface area contributed by atoms with Crippen LogP contribution in [-0.4, -0.2) is 17.9 Å². The number of amides is 2. The van der Waals surface area contributed by atoms with Crippen molar-refractivity contribution >= 4 is 11.8 Å². The Morgan fingerprint density at radius 2 is 1.69 bits per heavy atom. The van der Waals surface area contributed by atoms with E-state index in [2.05, 4.69) is 0 Å². The number of primary amides is 2. The Balaban J connectivity index is 3.26. The summed E-state index contributed by atoms with van der Waals surface area (Å²) in [6.07, 6.45) is 3.38. The topological polar surface area (TPSA) is 112 Å². The first-order valence-corrected chi connectivity index (χ1v) is 4.37. The minimum atomic E-state index is -0.562. The first-order chi connectivity index (χ1) is 6.04. The van der Waals surface area contributed by atoms with Crippen LogP contribution in [0, 0.1) is 0 Å². The van der Waals surface area contributed by atoms with E-state index in [-0.39, 0.29) is 5.91 Å². The number of carbonyl (C=O) groups excluding carboxylic acids is 2. The van der Waals surface area contributed by atoms with Crippen LogP contribution < -0.4 is 17.2 Å². The van der Waals surface area contributed by atoms with Crippen LogP contribution in [0.3, 0.4) is 0 Å². The molecule has 1 atom stereocenters. The van der Waals surface area contributed by atoms with E-state index in [1.54, 1.807) is 0 Å². The van der Waals surface area contributed by atoms with E-state index in [1.165, 1.54) is 0 Å². The molecule has 0 aliphatic heterocycles. The van der Waals surface area contributed by atoms with E-state index >= 15 is 0 Å². The van der Waals surface area contributed by atoms with Gasteiger partial charge >= 0.3 is 0 Å². The summed E-state index contributed by atoms with van der Waals surface area (Å²) in [5.74, 6) is -0.769. The summed E-state index contributed by atoms with van der Waals surface area (Å²) in [7, 11) is 0. The van der Waals surface area contributed by atoms with Gasteiger partial charge in [-0.15, -0.1) is 0 Å². The van der Waals surface area contributed by atoms with E-state index in [0.29, 0.717) is 12.8 Å². The predicted octanol–water partition coefficient (Wildman–Crippen LogP) is -0.765. The van der Waals surface area contributed by atoms with Crippen LogP contribution in [0.1, 0.15) is 32.1 Å². The van der Waals surface area contributed by atoms with E-state index in [4.69, 9.17) is 17.2 Å². The number of carbonyl (C=O) groups is 2. The summed E-state index contributed by atoms with van der Waals surface area (Å²) in [4.78, 5) is 20.8. The highest BCUT2D eigenvalue weighted by Crippen LogP contribution is 2.04. The van der Waals surface area contributed by atoms with Gasteiger partial charge in [0.25, 0.3) is 0 Å². The Morgan fingerprint density at radius 3 is 2.15 bits per heavy atom. The molecular formula is C8H17N3O2. The van der Waals surface area contributed by atoms with Gasteiger partial charge in [-0.3, -0.25) is 9.59 Å². The predicted molar refractivity (Wildman–Crippen MR) is 49.4 cm³/mol. The van der Waals surface area contributed by atoms with Crippen molar-refractivity contribution in [1.82, 2.24) is 0 Å². The van der Waals surface area contributed by atoms with Gasteiger partial charge < -0.3 is 17.2 Å². The highest BCUT2D eigenvalue weighted by Gasteiger charge is 2.07. The molecule has 76 valence electrons. The smallest absolute Gasteiger partial charge is 0.234 e. The molecule has 0 radical (unpaired) electrons. The molecular weight excluding hydrogens is 170 g/mol. The SMILES string of the molecule is NC(=O)CCCCCC(N)C(N)=O. The molecule has 0 aromatic rings. The normalized spacial score (nSPS) is 12.4. The van der Waals surface area contributed by atoms with Crippen LogP contribution in [0.4, 0.5) is 0 Å². The van der Waals surface area contributed by atoms with E-state index in [9.17, 15) is 9.59 Å². The first-order valence-electron chi connectivity index (χ1n) is 4.37. The van der Waals surface area contributed by atoms with Gasteiger partial charge in [-0.05, 0) is 12.8 Å². The van der Waals surface area contributed by atoms with Gasteiger partial charge in [0, 0.05) is 6.42 Å². The first kappa shape index (κ1) is 11.9. The molecule has 0 fully saturated rings. The molecule has 5 heteroatoms. The second-order valence-corrected chi connectivity index (χ2v) is 3.07. The van der Waals surface area contributed by atoms with Gasteiger partial charge in [0.1, 0.15) is 0 Å². The fraction of sp³-hybridized carbons (Fsp3) is 0.750. The number of nitrogens with two attached hydrogens (primary N) is 3. The van der Waals surface area contributed by atoms with Crippen molar-refractivity contribution in [3.63, 3.8) is 0 Å². The zero-order valence-corrected chi connectivity index (χ0v) is 7.66. The quantitative estimate of drug-likeness (QED) is 0.455. The van der Waals surface area contributed by atoms with Crippen LogP contribution >= 0.6 is 0 Å².